The molecule has 0 aliphatic rings. The molecule has 0 unspecified atom stereocenters. The molecule has 0 saturated carbocycles. The number of rotatable bonds is 1. The third-order valence-electron chi connectivity index (χ3n) is 1.10. The second-order valence-electron chi connectivity index (χ2n) is 1.78. The van der Waals surface area contributed by atoms with Crippen LogP contribution in [0.2, 0.25) is 10.3 Å². The molecule has 0 saturated heterocycles. The molecule has 0 atom stereocenters. The first kappa shape index (κ1) is 7.76. The summed E-state index contributed by atoms with van der Waals surface area (Å²) in [6.07, 6.45) is 2.19. The highest BCUT2D eigenvalue weighted by Crippen LogP contribution is 2.12. The monoisotopic (exact) mass is 176 g/mol. The van der Waals surface area contributed by atoms with E-state index in [1.807, 2.05) is 6.92 Å². The fourth-order valence-electron chi connectivity index (χ4n) is 0.613. The van der Waals surface area contributed by atoms with Gasteiger partial charge in [0.05, 0.1) is 11.9 Å². The summed E-state index contributed by atoms with van der Waals surface area (Å²) in [6.45, 7) is 1.95. The van der Waals surface area contributed by atoms with Gasteiger partial charge in [-0.2, -0.15) is 0 Å². The van der Waals surface area contributed by atoms with Gasteiger partial charge in [0.2, 0.25) is 0 Å². The number of hydrogen-bond acceptors (Lipinski definition) is 2. The minimum absolute atomic E-state index is 0.390. The van der Waals surface area contributed by atoms with Crippen LogP contribution in [0, 0.1) is 0 Å². The van der Waals surface area contributed by atoms with Gasteiger partial charge in [-0.05, 0) is 6.42 Å². The summed E-state index contributed by atoms with van der Waals surface area (Å²) in [5, 5.41) is 0.827. The summed E-state index contributed by atoms with van der Waals surface area (Å²) in [4.78, 5) is 7.78. The summed E-state index contributed by atoms with van der Waals surface area (Å²) in [5.74, 6) is 0. The first-order valence-corrected chi connectivity index (χ1v) is 3.66. The first-order valence-electron chi connectivity index (χ1n) is 2.91. The maximum atomic E-state index is 5.66. The van der Waals surface area contributed by atoms with E-state index in [9.17, 15) is 0 Å². The number of aromatic nitrogens is 2. The molecule has 1 aromatic heterocycles. The highest BCUT2D eigenvalue weighted by atomic mass is 35.5. The molecule has 0 N–H and O–H groups in total. The Balaban J connectivity index is 3.09. The molecule has 0 spiro atoms. The molecule has 0 radical (unpaired) electrons. The van der Waals surface area contributed by atoms with Crippen molar-refractivity contribution in [3.05, 3.63) is 22.2 Å². The standard InChI is InChI=1S/C6H6Cl2N2/c1-2-4-6(8)9-3-5(7)10-4/h3H,2H2,1H3. The predicted molar refractivity (Wildman–Crippen MR) is 41.4 cm³/mol. The quantitative estimate of drug-likeness (QED) is 0.657. The van der Waals surface area contributed by atoms with Crippen molar-refractivity contribution in [3.63, 3.8) is 0 Å². The second kappa shape index (κ2) is 3.17. The molecule has 2 nitrogen and oxygen atoms in total. The van der Waals surface area contributed by atoms with Crippen LogP contribution in [0.15, 0.2) is 6.20 Å². The predicted octanol–water partition coefficient (Wildman–Crippen LogP) is 2.35. The molecule has 0 aromatic carbocycles. The molecule has 0 amide bonds. The van der Waals surface area contributed by atoms with Crippen LogP contribution >= 0.6 is 23.2 Å². The molecule has 4 heteroatoms. The molecule has 1 heterocycles. The lowest BCUT2D eigenvalue weighted by atomic mass is 10.4. The van der Waals surface area contributed by atoms with E-state index in [1.54, 1.807) is 0 Å². The topological polar surface area (TPSA) is 25.8 Å². The van der Waals surface area contributed by atoms with Crippen LogP contribution in [0.4, 0.5) is 0 Å². The Bertz CT molecular complexity index is 237. The SMILES string of the molecule is CCc1nc(Cl)cnc1Cl. The molecule has 0 aliphatic carbocycles. The third kappa shape index (κ3) is 1.58. The Kier molecular flexibility index (Phi) is 2.46. The number of nitrogens with zero attached hydrogens (tertiary/aromatic N) is 2. The van der Waals surface area contributed by atoms with Gasteiger partial charge in [0.25, 0.3) is 0 Å². The Morgan fingerprint density at radius 2 is 2.20 bits per heavy atom. The maximum Gasteiger partial charge on any atom is 0.150 e. The first-order chi connectivity index (χ1) is 4.74. The van der Waals surface area contributed by atoms with Crippen molar-refractivity contribution in [1.82, 2.24) is 9.97 Å². The molecule has 0 bridgehead atoms. The molecule has 10 heavy (non-hydrogen) atoms. The molecular formula is C6H6Cl2N2. The van der Waals surface area contributed by atoms with Crippen LogP contribution in [0.5, 0.6) is 0 Å². The van der Waals surface area contributed by atoms with E-state index in [0.717, 1.165) is 12.1 Å². The molecule has 0 aliphatic heterocycles. The summed E-state index contributed by atoms with van der Waals surface area (Å²) in [7, 11) is 0. The van der Waals surface area contributed by atoms with Crippen LogP contribution in [-0.4, -0.2) is 9.97 Å². The highest BCUT2D eigenvalue weighted by Gasteiger charge is 2.00. The van der Waals surface area contributed by atoms with Gasteiger partial charge < -0.3 is 0 Å². The van der Waals surface area contributed by atoms with Crippen LogP contribution in [0.25, 0.3) is 0 Å². The van der Waals surface area contributed by atoms with Crippen molar-refractivity contribution in [2.24, 2.45) is 0 Å². The van der Waals surface area contributed by atoms with E-state index in [0.29, 0.717) is 10.3 Å². The second-order valence-corrected chi connectivity index (χ2v) is 2.53. The fraction of sp³-hybridized carbons (Fsp3) is 0.333. The van der Waals surface area contributed by atoms with Gasteiger partial charge >= 0.3 is 0 Å². The number of hydrogen-bond donors (Lipinski definition) is 0. The zero-order valence-corrected chi connectivity index (χ0v) is 6.95. The highest BCUT2D eigenvalue weighted by molar-refractivity contribution is 6.31. The maximum absolute atomic E-state index is 5.66. The average Bonchev–Trinajstić information content (AvgIpc) is 1.94. The van der Waals surface area contributed by atoms with E-state index < -0.39 is 0 Å². The molecule has 1 rings (SSSR count). The minimum Gasteiger partial charge on any atom is -0.239 e. The van der Waals surface area contributed by atoms with Crippen molar-refractivity contribution in [2.75, 3.05) is 0 Å². The van der Waals surface area contributed by atoms with Crippen LogP contribution in [0.3, 0.4) is 0 Å². The number of halogens is 2. The normalized spacial score (nSPS) is 9.90. The lowest BCUT2D eigenvalue weighted by molar-refractivity contribution is 1.00. The van der Waals surface area contributed by atoms with Gasteiger partial charge in [0.15, 0.2) is 5.15 Å². The van der Waals surface area contributed by atoms with Crippen molar-refractivity contribution in [2.45, 2.75) is 13.3 Å². The van der Waals surface area contributed by atoms with E-state index in [2.05, 4.69) is 9.97 Å². The third-order valence-corrected chi connectivity index (χ3v) is 1.60. The lowest BCUT2D eigenvalue weighted by Gasteiger charge is -1.96. The van der Waals surface area contributed by atoms with E-state index in [-0.39, 0.29) is 0 Å². The van der Waals surface area contributed by atoms with Gasteiger partial charge in [-0.3, -0.25) is 0 Å². The average molecular weight is 177 g/mol. The summed E-state index contributed by atoms with van der Waals surface area (Å²) in [5.41, 5.74) is 0.745. The lowest BCUT2D eigenvalue weighted by Crippen LogP contribution is -1.90. The smallest absolute Gasteiger partial charge is 0.150 e. The summed E-state index contributed by atoms with van der Waals surface area (Å²) in [6, 6.07) is 0. The van der Waals surface area contributed by atoms with E-state index in [4.69, 9.17) is 23.2 Å². The van der Waals surface area contributed by atoms with Gasteiger partial charge in [-0.25, -0.2) is 9.97 Å². The zero-order chi connectivity index (χ0) is 7.56. The van der Waals surface area contributed by atoms with Crippen molar-refractivity contribution in [1.29, 1.82) is 0 Å². The summed E-state index contributed by atoms with van der Waals surface area (Å²) >= 11 is 11.2. The van der Waals surface area contributed by atoms with Crippen molar-refractivity contribution in [3.8, 4) is 0 Å². The van der Waals surface area contributed by atoms with Crippen LogP contribution in [0.1, 0.15) is 12.6 Å². The number of aryl methyl sites for hydroxylation is 1. The van der Waals surface area contributed by atoms with Crippen molar-refractivity contribution >= 4 is 23.2 Å². The van der Waals surface area contributed by atoms with Gasteiger partial charge in [-0.15, -0.1) is 0 Å². The minimum atomic E-state index is 0.390. The van der Waals surface area contributed by atoms with Gasteiger partial charge in [0, 0.05) is 0 Å². The van der Waals surface area contributed by atoms with Crippen LogP contribution in [-0.2, 0) is 6.42 Å². The fourth-order valence-corrected chi connectivity index (χ4v) is 0.989. The Morgan fingerprint density at radius 3 is 2.70 bits per heavy atom. The van der Waals surface area contributed by atoms with Gasteiger partial charge in [0.1, 0.15) is 5.15 Å². The van der Waals surface area contributed by atoms with Crippen molar-refractivity contribution < 1.29 is 0 Å². The molecule has 54 valence electrons. The Labute approximate surface area is 69.2 Å². The molecule has 0 fully saturated rings. The Hall–Kier alpha value is -0.340. The molecule has 1 aromatic rings. The zero-order valence-electron chi connectivity index (χ0n) is 5.43. The van der Waals surface area contributed by atoms with Crippen LogP contribution < -0.4 is 0 Å². The van der Waals surface area contributed by atoms with Gasteiger partial charge in [-0.1, -0.05) is 30.1 Å². The Morgan fingerprint density at radius 1 is 1.50 bits per heavy atom. The largest absolute Gasteiger partial charge is 0.239 e. The summed E-state index contributed by atoms with van der Waals surface area (Å²) < 4.78 is 0. The van der Waals surface area contributed by atoms with E-state index in [1.165, 1.54) is 6.20 Å². The van der Waals surface area contributed by atoms with E-state index >= 15 is 0 Å². The molecular weight excluding hydrogens is 171 g/mol.